The number of nitrogens with zero attached hydrogens (tertiary/aromatic N) is 1. The molecular formula is C30H33ClN4O2. The van der Waals surface area contributed by atoms with Crippen LogP contribution in [0, 0.1) is 0 Å². The summed E-state index contributed by atoms with van der Waals surface area (Å²) in [6.07, 6.45) is 5.76. The molecule has 0 unspecified atom stereocenters. The molecule has 192 valence electrons. The molecule has 0 aromatic heterocycles. The number of nitrogens with one attached hydrogen (secondary N) is 3. The van der Waals surface area contributed by atoms with E-state index >= 15 is 0 Å². The number of likely N-dealkylation sites (tertiary alicyclic amines) is 1. The third-order valence-corrected chi connectivity index (χ3v) is 7.41. The number of halogens is 1. The molecule has 0 atom stereocenters. The second-order valence-electron chi connectivity index (χ2n) is 9.83. The smallest absolute Gasteiger partial charge is 0.255 e. The number of piperidine rings is 1. The molecule has 3 N–H and O–H groups in total. The van der Waals surface area contributed by atoms with Gasteiger partial charge in [0.2, 0.25) is 0 Å². The standard InChI is InChI=1S/C30H33ClN4O2/c31-24-7-4-6-21(19-24)18-23-10-13-27(28-26(23)20-33-30(28)37)34-29(36)22-8-11-25(12-9-22)32-14-5-17-35-15-2-1-3-16-35/h4,6-13,19,32H,1-3,5,14-18,20H2,(H,33,37)(H,34,36). The van der Waals surface area contributed by atoms with E-state index in [-0.39, 0.29) is 11.8 Å². The number of rotatable bonds is 9. The van der Waals surface area contributed by atoms with Crippen molar-refractivity contribution in [1.82, 2.24) is 10.2 Å². The monoisotopic (exact) mass is 516 g/mol. The molecule has 7 heteroatoms. The molecule has 1 fully saturated rings. The van der Waals surface area contributed by atoms with Gasteiger partial charge >= 0.3 is 0 Å². The summed E-state index contributed by atoms with van der Waals surface area (Å²) in [5, 5.41) is 9.99. The second-order valence-corrected chi connectivity index (χ2v) is 10.3. The molecule has 2 amide bonds. The number of hydrogen-bond acceptors (Lipinski definition) is 4. The molecule has 3 aromatic rings. The Morgan fingerprint density at radius 2 is 1.81 bits per heavy atom. The maximum Gasteiger partial charge on any atom is 0.255 e. The van der Waals surface area contributed by atoms with Crippen molar-refractivity contribution in [2.24, 2.45) is 0 Å². The fourth-order valence-corrected chi connectivity index (χ4v) is 5.41. The van der Waals surface area contributed by atoms with Gasteiger partial charge in [-0.3, -0.25) is 9.59 Å². The van der Waals surface area contributed by atoms with Crippen LogP contribution in [0.2, 0.25) is 5.02 Å². The number of anilines is 2. The lowest BCUT2D eigenvalue weighted by Crippen LogP contribution is -2.31. The molecule has 0 radical (unpaired) electrons. The van der Waals surface area contributed by atoms with Crippen molar-refractivity contribution in [3.05, 3.63) is 93.5 Å². The predicted molar refractivity (Wildman–Crippen MR) is 150 cm³/mol. The van der Waals surface area contributed by atoms with E-state index in [2.05, 4.69) is 20.9 Å². The van der Waals surface area contributed by atoms with E-state index < -0.39 is 0 Å². The minimum atomic E-state index is -0.235. The molecule has 0 saturated carbocycles. The van der Waals surface area contributed by atoms with Gasteiger partial charge in [-0.05, 0) is 104 Å². The highest BCUT2D eigenvalue weighted by Crippen LogP contribution is 2.30. The number of fused-ring (bicyclic) bond motifs is 1. The van der Waals surface area contributed by atoms with Crippen molar-refractivity contribution >= 4 is 34.8 Å². The Morgan fingerprint density at radius 3 is 2.59 bits per heavy atom. The van der Waals surface area contributed by atoms with Gasteiger partial charge in [-0.2, -0.15) is 0 Å². The molecule has 2 aliphatic heterocycles. The van der Waals surface area contributed by atoms with Gasteiger partial charge < -0.3 is 20.9 Å². The molecule has 5 rings (SSSR count). The Kier molecular flexibility index (Phi) is 8.07. The van der Waals surface area contributed by atoms with Gasteiger partial charge in [-0.25, -0.2) is 0 Å². The van der Waals surface area contributed by atoms with Crippen LogP contribution in [0.1, 0.15) is 63.1 Å². The van der Waals surface area contributed by atoms with E-state index in [1.54, 1.807) is 0 Å². The van der Waals surface area contributed by atoms with Gasteiger partial charge in [-0.1, -0.05) is 36.2 Å². The summed E-state index contributed by atoms with van der Waals surface area (Å²) >= 11 is 6.14. The molecule has 0 aliphatic carbocycles. The van der Waals surface area contributed by atoms with Crippen LogP contribution in [0.25, 0.3) is 0 Å². The molecule has 6 nitrogen and oxygen atoms in total. The van der Waals surface area contributed by atoms with Crippen LogP contribution in [0.3, 0.4) is 0 Å². The van der Waals surface area contributed by atoms with Crippen molar-refractivity contribution in [2.75, 3.05) is 36.8 Å². The van der Waals surface area contributed by atoms with E-state index in [9.17, 15) is 9.59 Å². The number of carbonyl (C=O) groups excluding carboxylic acids is 2. The van der Waals surface area contributed by atoms with Gasteiger partial charge in [0.05, 0.1) is 11.3 Å². The van der Waals surface area contributed by atoms with E-state index in [1.807, 2.05) is 60.7 Å². The van der Waals surface area contributed by atoms with Crippen LogP contribution in [0.15, 0.2) is 60.7 Å². The summed E-state index contributed by atoms with van der Waals surface area (Å²) < 4.78 is 0. The van der Waals surface area contributed by atoms with Crippen LogP contribution in [0.5, 0.6) is 0 Å². The highest BCUT2D eigenvalue weighted by atomic mass is 35.5. The fraction of sp³-hybridized carbons (Fsp3) is 0.333. The molecule has 37 heavy (non-hydrogen) atoms. The minimum Gasteiger partial charge on any atom is -0.385 e. The summed E-state index contributed by atoms with van der Waals surface area (Å²) in [5.74, 6) is -0.400. The maximum absolute atomic E-state index is 13.0. The van der Waals surface area contributed by atoms with Crippen LogP contribution >= 0.6 is 11.6 Å². The van der Waals surface area contributed by atoms with Crippen molar-refractivity contribution in [2.45, 2.75) is 38.6 Å². The molecule has 2 heterocycles. The van der Waals surface area contributed by atoms with Crippen LogP contribution in [-0.4, -0.2) is 42.9 Å². The first-order chi connectivity index (χ1) is 18.1. The SMILES string of the molecule is O=C(Nc1ccc(Cc2cccc(Cl)c2)c2c1C(=O)NC2)c1ccc(NCCCN2CCCCC2)cc1. The van der Waals surface area contributed by atoms with E-state index in [4.69, 9.17) is 11.6 Å². The van der Waals surface area contributed by atoms with Gasteiger partial charge in [-0.15, -0.1) is 0 Å². The summed E-state index contributed by atoms with van der Waals surface area (Å²) in [5.41, 5.74) is 5.67. The number of amides is 2. The number of hydrogen-bond donors (Lipinski definition) is 3. The quantitative estimate of drug-likeness (QED) is 0.318. The van der Waals surface area contributed by atoms with Crippen molar-refractivity contribution in [1.29, 1.82) is 0 Å². The van der Waals surface area contributed by atoms with Gasteiger partial charge in [0.25, 0.3) is 11.8 Å². The average molecular weight is 517 g/mol. The van der Waals surface area contributed by atoms with E-state index in [1.165, 1.54) is 32.4 Å². The summed E-state index contributed by atoms with van der Waals surface area (Å²) in [6.45, 7) is 4.93. The van der Waals surface area contributed by atoms with E-state index in [0.29, 0.717) is 34.8 Å². The summed E-state index contributed by atoms with van der Waals surface area (Å²) in [7, 11) is 0. The lowest BCUT2D eigenvalue weighted by Gasteiger charge is -2.26. The maximum atomic E-state index is 13.0. The lowest BCUT2D eigenvalue weighted by molar-refractivity contribution is 0.0966. The lowest BCUT2D eigenvalue weighted by atomic mass is 9.96. The number of carbonyl (C=O) groups is 2. The van der Waals surface area contributed by atoms with Crippen molar-refractivity contribution in [3.8, 4) is 0 Å². The normalized spacial score (nSPS) is 15.2. The topological polar surface area (TPSA) is 73.5 Å². The van der Waals surface area contributed by atoms with Gasteiger partial charge in [0.15, 0.2) is 0 Å². The molecular weight excluding hydrogens is 484 g/mol. The zero-order chi connectivity index (χ0) is 25.6. The van der Waals surface area contributed by atoms with Crippen LogP contribution in [0.4, 0.5) is 11.4 Å². The largest absolute Gasteiger partial charge is 0.385 e. The molecule has 0 spiro atoms. The fourth-order valence-electron chi connectivity index (χ4n) is 5.20. The van der Waals surface area contributed by atoms with Crippen molar-refractivity contribution < 1.29 is 9.59 Å². The Hall–Kier alpha value is -3.35. The van der Waals surface area contributed by atoms with Crippen LogP contribution in [-0.2, 0) is 13.0 Å². The second kappa shape index (κ2) is 11.8. The van der Waals surface area contributed by atoms with E-state index in [0.717, 1.165) is 41.9 Å². The summed E-state index contributed by atoms with van der Waals surface area (Å²) in [4.78, 5) is 28.2. The Balaban J connectivity index is 1.20. The van der Waals surface area contributed by atoms with Gasteiger partial charge in [0, 0.05) is 29.4 Å². The molecule has 3 aromatic carbocycles. The van der Waals surface area contributed by atoms with Crippen LogP contribution < -0.4 is 16.0 Å². The minimum absolute atomic E-state index is 0.164. The van der Waals surface area contributed by atoms with Gasteiger partial charge in [0.1, 0.15) is 0 Å². The first-order valence-corrected chi connectivity index (χ1v) is 13.5. The Bertz CT molecular complexity index is 1270. The summed E-state index contributed by atoms with van der Waals surface area (Å²) in [6, 6.07) is 19.0. The third-order valence-electron chi connectivity index (χ3n) is 7.17. The molecule has 0 bridgehead atoms. The highest BCUT2D eigenvalue weighted by molar-refractivity contribution is 6.30. The predicted octanol–water partition coefficient (Wildman–Crippen LogP) is 5.71. The first kappa shape index (κ1) is 25.3. The molecule has 1 saturated heterocycles. The zero-order valence-electron chi connectivity index (χ0n) is 21.0. The highest BCUT2D eigenvalue weighted by Gasteiger charge is 2.26. The first-order valence-electron chi connectivity index (χ1n) is 13.1. The zero-order valence-corrected chi connectivity index (χ0v) is 21.7. The Labute approximate surface area is 223 Å². The third kappa shape index (κ3) is 6.32. The average Bonchev–Trinajstić information content (AvgIpc) is 3.31. The van der Waals surface area contributed by atoms with Crippen molar-refractivity contribution in [3.63, 3.8) is 0 Å². The molecule has 2 aliphatic rings. The Morgan fingerprint density at radius 1 is 1.00 bits per heavy atom. The number of benzene rings is 3.